The molecule has 0 radical (unpaired) electrons. The Morgan fingerprint density at radius 1 is 1.12 bits per heavy atom. The van der Waals surface area contributed by atoms with E-state index in [4.69, 9.17) is 4.74 Å². The standard InChI is InChI=1S/C18H23N3O4/c1-12-6-4-5-7-13(12)16-17(25-11-15(23)20(16)3)18(24)21-9-8-19(2)14(22)10-21/h4-7,16-17H,8-11H2,1-3H3/t16-,17+/m1/s1. The average molecular weight is 345 g/mol. The van der Waals surface area contributed by atoms with Gasteiger partial charge in [0.05, 0.1) is 12.6 Å². The molecular formula is C18H23N3O4. The van der Waals surface area contributed by atoms with Crippen LogP contribution in [0.3, 0.4) is 0 Å². The van der Waals surface area contributed by atoms with Crippen LogP contribution >= 0.6 is 0 Å². The molecular weight excluding hydrogens is 322 g/mol. The Morgan fingerprint density at radius 2 is 1.84 bits per heavy atom. The van der Waals surface area contributed by atoms with Gasteiger partial charge in [-0.3, -0.25) is 14.4 Å². The van der Waals surface area contributed by atoms with E-state index in [1.54, 1.807) is 23.9 Å². The third kappa shape index (κ3) is 3.24. The smallest absolute Gasteiger partial charge is 0.254 e. The van der Waals surface area contributed by atoms with Crippen LogP contribution in [0.15, 0.2) is 24.3 Å². The van der Waals surface area contributed by atoms with E-state index in [1.165, 1.54) is 4.90 Å². The van der Waals surface area contributed by atoms with Crippen LogP contribution in [0.1, 0.15) is 17.2 Å². The quantitative estimate of drug-likeness (QED) is 0.767. The van der Waals surface area contributed by atoms with Crippen LogP contribution in [0, 0.1) is 6.92 Å². The van der Waals surface area contributed by atoms with E-state index in [0.29, 0.717) is 13.1 Å². The molecule has 3 amide bonds. The number of hydrogen-bond donors (Lipinski definition) is 0. The van der Waals surface area contributed by atoms with Gasteiger partial charge >= 0.3 is 0 Å². The van der Waals surface area contributed by atoms with Crippen LogP contribution < -0.4 is 0 Å². The Morgan fingerprint density at radius 3 is 2.52 bits per heavy atom. The van der Waals surface area contributed by atoms with Gasteiger partial charge in [-0.15, -0.1) is 0 Å². The fourth-order valence-corrected chi connectivity index (χ4v) is 3.34. The van der Waals surface area contributed by atoms with Crippen molar-refractivity contribution in [2.45, 2.75) is 19.1 Å². The second kappa shape index (κ2) is 6.84. The van der Waals surface area contributed by atoms with Crippen LogP contribution in [-0.4, -0.2) is 78.9 Å². The first kappa shape index (κ1) is 17.4. The van der Waals surface area contributed by atoms with Crippen molar-refractivity contribution >= 4 is 17.7 Å². The molecule has 2 aliphatic heterocycles. The highest BCUT2D eigenvalue weighted by Crippen LogP contribution is 2.32. The second-order valence-electron chi connectivity index (χ2n) is 6.61. The van der Waals surface area contributed by atoms with E-state index in [9.17, 15) is 14.4 Å². The highest BCUT2D eigenvalue weighted by atomic mass is 16.5. The maximum Gasteiger partial charge on any atom is 0.254 e. The molecule has 1 aromatic rings. The molecule has 0 bridgehead atoms. The fourth-order valence-electron chi connectivity index (χ4n) is 3.34. The maximum atomic E-state index is 13.0. The van der Waals surface area contributed by atoms with Crippen molar-refractivity contribution in [3.8, 4) is 0 Å². The number of ether oxygens (including phenoxy) is 1. The normalized spacial score (nSPS) is 24.7. The largest absolute Gasteiger partial charge is 0.356 e. The number of aryl methyl sites for hydroxylation is 1. The molecule has 2 heterocycles. The summed E-state index contributed by atoms with van der Waals surface area (Å²) in [5.74, 6) is -0.493. The van der Waals surface area contributed by atoms with Gasteiger partial charge in [-0.05, 0) is 18.1 Å². The van der Waals surface area contributed by atoms with Gasteiger partial charge in [0.1, 0.15) is 6.61 Å². The van der Waals surface area contributed by atoms with Gasteiger partial charge in [0.25, 0.3) is 5.91 Å². The zero-order valence-corrected chi connectivity index (χ0v) is 14.8. The van der Waals surface area contributed by atoms with Crippen molar-refractivity contribution in [3.63, 3.8) is 0 Å². The fraction of sp³-hybridized carbons (Fsp3) is 0.500. The number of piperazine rings is 1. The Labute approximate surface area is 147 Å². The summed E-state index contributed by atoms with van der Waals surface area (Å²) in [6, 6.07) is 7.16. The van der Waals surface area contributed by atoms with E-state index < -0.39 is 12.1 Å². The maximum absolute atomic E-state index is 13.0. The minimum Gasteiger partial charge on any atom is -0.356 e. The molecule has 25 heavy (non-hydrogen) atoms. The van der Waals surface area contributed by atoms with Gasteiger partial charge in [0.15, 0.2) is 6.10 Å². The van der Waals surface area contributed by atoms with Crippen LogP contribution in [0.25, 0.3) is 0 Å². The number of rotatable bonds is 2. The Bertz CT molecular complexity index is 705. The zero-order chi connectivity index (χ0) is 18.1. The first-order chi connectivity index (χ1) is 11.9. The van der Waals surface area contributed by atoms with Crippen molar-refractivity contribution in [1.29, 1.82) is 0 Å². The summed E-state index contributed by atoms with van der Waals surface area (Å²) >= 11 is 0. The summed E-state index contributed by atoms with van der Waals surface area (Å²) in [5, 5.41) is 0. The predicted molar refractivity (Wildman–Crippen MR) is 90.6 cm³/mol. The molecule has 0 unspecified atom stereocenters. The van der Waals surface area contributed by atoms with Crippen LogP contribution in [0.2, 0.25) is 0 Å². The molecule has 0 saturated carbocycles. The van der Waals surface area contributed by atoms with Crippen molar-refractivity contribution < 1.29 is 19.1 Å². The van der Waals surface area contributed by atoms with E-state index in [-0.39, 0.29) is 30.9 Å². The number of hydrogen-bond acceptors (Lipinski definition) is 4. The average Bonchev–Trinajstić information content (AvgIpc) is 2.60. The Kier molecular flexibility index (Phi) is 4.76. The third-order valence-electron chi connectivity index (χ3n) is 5.00. The van der Waals surface area contributed by atoms with Crippen LogP contribution in [0.5, 0.6) is 0 Å². The molecule has 3 rings (SSSR count). The summed E-state index contributed by atoms with van der Waals surface area (Å²) in [7, 11) is 3.42. The van der Waals surface area contributed by atoms with Crippen molar-refractivity contribution in [1.82, 2.24) is 14.7 Å². The minimum atomic E-state index is -0.806. The molecule has 2 aliphatic rings. The number of nitrogens with zero attached hydrogens (tertiary/aromatic N) is 3. The number of benzene rings is 1. The SMILES string of the molecule is Cc1ccccc1[C@@H]1[C@@H](C(=O)N2CCN(C)C(=O)C2)OCC(=O)N1C. The molecule has 2 saturated heterocycles. The lowest BCUT2D eigenvalue weighted by Crippen LogP contribution is -2.58. The number of carbonyl (C=O) groups is 3. The molecule has 134 valence electrons. The van der Waals surface area contributed by atoms with E-state index >= 15 is 0 Å². The number of amides is 3. The minimum absolute atomic E-state index is 0.0490. The van der Waals surface area contributed by atoms with Gasteiger partial charge < -0.3 is 19.4 Å². The van der Waals surface area contributed by atoms with E-state index in [0.717, 1.165) is 11.1 Å². The molecule has 7 nitrogen and oxygen atoms in total. The molecule has 2 fully saturated rings. The number of morpholine rings is 1. The topological polar surface area (TPSA) is 70.2 Å². The lowest BCUT2D eigenvalue weighted by molar-refractivity contribution is -0.170. The van der Waals surface area contributed by atoms with Gasteiger partial charge in [0, 0.05) is 27.2 Å². The first-order valence-corrected chi connectivity index (χ1v) is 8.35. The van der Waals surface area contributed by atoms with Crippen molar-refractivity contribution in [2.75, 3.05) is 40.3 Å². The highest BCUT2D eigenvalue weighted by Gasteiger charge is 2.43. The van der Waals surface area contributed by atoms with Crippen LogP contribution in [0.4, 0.5) is 0 Å². The van der Waals surface area contributed by atoms with Crippen molar-refractivity contribution in [2.24, 2.45) is 0 Å². The zero-order valence-electron chi connectivity index (χ0n) is 14.8. The third-order valence-corrected chi connectivity index (χ3v) is 5.00. The lowest BCUT2D eigenvalue weighted by atomic mass is 9.93. The molecule has 0 aliphatic carbocycles. The van der Waals surface area contributed by atoms with Crippen LogP contribution in [-0.2, 0) is 19.1 Å². The highest BCUT2D eigenvalue weighted by molar-refractivity contribution is 5.90. The van der Waals surface area contributed by atoms with Gasteiger partial charge in [-0.25, -0.2) is 0 Å². The lowest BCUT2D eigenvalue weighted by Gasteiger charge is -2.42. The summed E-state index contributed by atoms with van der Waals surface area (Å²) in [6.45, 7) is 2.84. The van der Waals surface area contributed by atoms with Gasteiger partial charge in [-0.2, -0.15) is 0 Å². The summed E-state index contributed by atoms with van der Waals surface area (Å²) < 4.78 is 5.65. The molecule has 0 spiro atoms. The Balaban J connectivity index is 1.90. The summed E-state index contributed by atoms with van der Waals surface area (Å²) in [4.78, 5) is 41.8. The monoisotopic (exact) mass is 345 g/mol. The molecule has 7 heteroatoms. The molecule has 2 atom stereocenters. The Hall–Kier alpha value is -2.41. The molecule has 0 aromatic heterocycles. The number of carbonyl (C=O) groups excluding carboxylic acids is 3. The predicted octanol–water partition coefficient (Wildman–Crippen LogP) is 0.194. The van der Waals surface area contributed by atoms with Crippen molar-refractivity contribution in [3.05, 3.63) is 35.4 Å². The summed E-state index contributed by atoms with van der Waals surface area (Å²) in [6.07, 6.45) is -0.806. The second-order valence-corrected chi connectivity index (χ2v) is 6.61. The van der Waals surface area contributed by atoms with Gasteiger partial charge in [0.2, 0.25) is 11.8 Å². The van der Waals surface area contributed by atoms with E-state index in [1.807, 2.05) is 31.2 Å². The summed E-state index contributed by atoms with van der Waals surface area (Å²) in [5.41, 5.74) is 1.88. The molecule has 1 aromatic carbocycles. The first-order valence-electron chi connectivity index (χ1n) is 8.35. The number of likely N-dealkylation sites (N-methyl/N-ethyl adjacent to an activating group) is 2. The van der Waals surface area contributed by atoms with Gasteiger partial charge in [-0.1, -0.05) is 24.3 Å². The van der Waals surface area contributed by atoms with E-state index in [2.05, 4.69) is 0 Å². The molecule has 0 N–H and O–H groups in total.